The van der Waals surface area contributed by atoms with Crippen molar-refractivity contribution in [2.45, 2.75) is 0 Å². The molecule has 0 radical (unpaired) electrons. The van der Waals surface area contributed by atoms with E-state index in [0.717, 1.165) is 23.0 Å². The Kier molecular flexibility index (Phi) is 4.57. The first-order valence-corrected chi connectivity index (χ1v) is 6.34. The Morgan fingerprint density at radius 3 is 2.35 bits per heavy atom. The largest absolute Gasteiger partial charge is 0.346 e. The molecule has 0 saturated carbocycles. The number of anilines is 1. The average molecular weight is 284 g/mol. The highest BCUT2D eigenvalue weighted by molar-refractivity contribution is 7.81. The first-order chi connectivity index (χ1) is 9.65. The van der Waals surface area contributed by atoms with E-state index in [4.69, 9.17) is 12.2 Å². The number of rotatable bonds is 4. The molecule has 2 aromatic carbocycles. The summed E-state index contributed by atoms with van der Waals surface area (Å²) in [5.41, 5.74) is 2.55. The van der Waals surface area contributed by atoms with Crippen molar-refractivity contribution in [3.63, 3.8) is 0 Å². The van der Waals surface area contributed by atoms with E-state index < -0.39 is 4.92 Å². The van der Waals surface area contributed by atoms with E-state index in [9.17, 15) is 10.1 Å². The van der Waals surface area contributed by atoms with E-state index in [2.05, 4.69) is 5.32 Å². The van der Waals surface area contributed by atoms with Gasteiger partial charge in [-0.1, -0.05) is 54.7 Å². The van der Waals surface area contributed by atoms with Crippen LogP contribution in [0, 0.1) is 10.1 Å². The number of thiocarbonyl (C=S) groups is 1. The number of hydrogen-bond acceptors (Lipinski definition) is 3. The lowest BCUT2D eigenvalue weighted by Crippen LogP contribution is -2.10. The highest BCUT2D eigenvalue weighted by Crippen LogP contribution is 2.11. The summed E-state index contributed by atoms with van der Waals surface area (Å²) in [5.74, 6) is 0. The van der Waals surface area contributed by atoms with Gasteiger partial charge in [-0.15, -0.1) is 0 Å². The Morgan fingerprint density at radius 2 is 1.75 bits per heavy atom. The van der Waals surface area contributed by atoms with Crippen molar-refractivity contribution < 1.29 is 4.92 Å². The fraction of sp³-hybridized carbons (Fsp3) is 0. The third-order valence-corrected chi connectivity index (χ3v) is 2.93. The van der Waals surface area contributed by atoms with Crippen LogP contribution < -0.4 is 5.32 Å². The highest BCUT2D eigenvalue weighted by atomic mass is 32.1. The number of para-hydroxylation sites is 1. The van der Waals surface area contributed by atoms with Crippen LogP contribution in [0.4, 0.5) is 5.69 Å². The Labute approximate surface area is 121 Å². The van der Waals surface area contributed by atoms with Crippen molar-refractivity contribution in [1.29, 1.82) is 0 Å². The zero-order chi connectivity index (χ0) is 14.4. The summed E-state index contributed by atoms with van der Waals surface area (Å²) < 4.78 is 0. The van der Waals surface area contributed by atoms with E-state index in [1.54, 1.807) is 12.1 Å². The number of nitrogens with zero attached hydrogens (tertiary/aromatic N) is 1. The lowest BCUT2D eigenvalue weighted by Gasteiger charge is -2.07. The summed E-state index contributed by atoms with van der Waals surface area (Å²) in [4.78, 5) is 10.4. The van der Waals surface area contributed by atoms with Gasteiger partial charge in [0.2, 0.25) is 6.20 Å². The average Bonchev–Trinajstić information content (AvgIpc) is 2.46. The van der Waals surface area contributed by atoms with Crippen LogP contribution in [0.3, 0.4) is 0 Å². The predicted octanol–water partition coefficient (Wildman–Crippen LogP) is 3.72. The maximum Gasteiger partial charge on any atom is 0.235 e. The van der Waals surface area contributed by atoms with Gasteiger partial charge in [-0.05, 0) is 17.7 Å². The standard InChI is InChI=1S/C15H12N2O2S/c18-17(19)11-10-12-6-8-13(9-7-12)15(20)16-14-4-2-1-3-5-14/h1-11H,(H,16,20). The van der Waals surface area contributed by atoms with Gasteiger partial charge in [-0.25, -0.2) is 0 Å². The lowest BCUT2D eigenvalue weighted by molar-refractivity contribution is -0.400. The first kappa shape index (κ1) is 13.9. The van der Waals surface area contributed by atoms with E-state index >= 15 is 0 Å². The van der Waals surface area contributed by atoms with Gasteiger partial charge in [0.15, 0.2) is 0 Å². The van der Waals surface area contributed by atoms with Crippen molar-refractivity contribution >= 4 is 29.0 Å². The molecule has 0 atom stereocenters. The van der Waals surface area contributed by atoms with Crippen molar-refractivity contribution in [2.75, 3.05) is 5.32 Å². The van der Waals surface area contributed by atoms with E-state index in [-0.39, 0.29) is 0 Å². The number of benzene rings is 2. The van der Waals surface area contributed by atoms with Crippen LogP contribution in [0.2, 0.25) is 0 Å². The second kappa shape index (κ2) is 6.58. The molecule has 1 N–H and O–H groups in total. The molecule has 0 aliphatic rings. The molecule has 2 rings (SSSR count). The van der Waals surface area contributed by atoms with Gasteiger partial charge < -0.3 is 5.32 Å². The molecule has 0 amide bonds. The molecule has 4 nitrogen and oxygen atoms in total. The normalized spacial score (nSPS) is 10.4. The third-order valence-electron chi connectivity index (χ3n) is 2.59. The van der Waals surface area contributed by atoms with Crippen LogP contribution >= 0.6 is 12.2 Å². The fourth-order valence-corrected chi connectivity index (χ4v) is 1.87. The van der Waals surface area contributed by atoms with E-state index in [1.165, 1.54) is 6.08 Å². The van der Waals surface area contributed by atoms with Gasteiger partial charge in [0.25, 0.3) is 0 Å². The molecule has 0 aromatic heterocycles. The summed E-state index contributed by atoms with van der Waals surface area (Å²) in [7, 11) is 0. The Balaban J connectivity index is 2.06. The Bertz CT molecular complexity index is 637. The molecule has 0 spiro atoms. The highest BCUT2D eigenvalue weighted by Gasteiger charge is 2.01. The second-order valence-corrected chi connectivity index (χ2v) is 4.45. The van der Waals surface area contributed by atoms with E-state index in [1.807, 2.05) is 42.5 Å². The van der Waals surface area contributed by atoms with Gasteiger partial charge in [-0.2, -0.15) is 0 Å². The van der Waals surface area contributed by atoms with Crippen LogP contribution in [-0.4, -0.2) is 9.91 Å². The minimum absolute atomic E-state index is 0.491. The van der Waals surface area contributed by atoms with Crippen molar-refractivity contribution in [3.05, 3.63) is 82.0 Å². The Hall–Kier alpha value is -2.53. The first-order valence-electron chi connectivity index (χ1n) is 5.93. The molecule has 100 valence electrons. The number of nitrogens with one attached hydrogen (secondary N) is 1. The smallest absolute Gasteiger partial charge is 0.235 e. The molecular weight excluding hydrogens is 272 g/mol. The molecule has 0 aliphatic heterocycles. The summed E-state index contributed by atoms with van der Waals surface area (Å²) in [6, 6.07) is 16.9. The zero-order valence-electron chi connectivity index (χ0n) is 10.5. The molecule has 20 heavy (non-hydrogen) atoms. The maximum absolute atomic E-state index is 10.2. The molecule has 0 heterocycles. The summed E-state index contributed by atoms with van der Waals surface area (Å²) >= 11 is 5.31. The lowest BCUT2D eigenvalue weighted by atomic mass is 10.1. The molecule has 0 fully saturated rings. The Morgan fingerprint density at radius 1 is 1.10 bits per heavy atom. The quantitative estimate of drug-likeness (QED) is 0.528. The monoisotopic (exact) mass is 284 g/mol. The molecule has 0 saturated heterocycles. The predicted molar refractivity (Wildman–Crippen MR) is 84.2 cm³/mol. The van der Waals surface area contributed by atoms with Gasteiger partial charge in [0.05, 0.1) is 4.92 Å². The molecule has 0 bridgehead atoms. The van der Waals surface area contributed by atoms with Gasteiger partial charge >= 0.3 is 0 Å². The van der Waals surface area contributed by atoms with Crippen molar-refractivity contribution in [1.82, 2.24) is 0 Å². The number of nitro groups is 1. The topological polar surface area (TPSA) is 55.2 Å². The third kappa shape index (κ3) is 4.00. The van der Waals surface area contributed by atoms with Crippen LogP contribution in [-0.2, 0) is 0 Å². The van der Waals surface area contributed by atoms with E-state index in [0.29, 0.717) is 4.99 Å². The molecule has 2 aromatic rings. The van der Waals surface area contributed by atoms with Gasteiger partial charge in [0.1, 0.15) is 4.99 Å². The number of hydrogen-bond donors (Lipinski definition) is 1. The van der Waals surface area contributed by atoms with Gasteiger partial charge in [0, 0.05) is 17.3 Å². The van der Waals surface area contributed by atoms with Crippen LogP contribution in [0.25, 0.3) is 6.08 Å². The SMILES string of the molecule is O=[N+]([O-])C=Cc1ccc(C(=S)Nc2ccccc2)cc1. The minimum atomic E-state index is -0.491. The summed E-state index contributed by atoms with van der Waals surface area (Å²) in [5, 5.41) is 13.4. The molecule has 0 unspecified atom stereocenters. The zero-order valence-corrected chi connectivity index (χ0v) is 11.3. The molecule has 5 heteroatoms. The molecular formula is C15H12N2O2S. The van der Waals surface area contributed by atoms with Crippen LogP contribution in [0.1, 0.15) is 11.1 Å². The van der Waals surface area contributed by atoms with Crippen LogP contribution in [0.5, 0.6) is 0 Å². The second-order valence-electron chi connectivity index (χ2n) is 4.04. The van der Waals surface area contributed by atoms with Crippen molar-refractivity contribution in [3.8, 4) is 0 Å². The van der Waals surface area contributed by atoms with Gasteiger partial charge in [-0.3, -0.25) is 10.1 Å². The maximum atomic E-state index is 10.2. The van der Waals surface area contributed by atoms with Crippen molar-refractivity contribution in [2.24, 2.45) is 0 Å². The molecule has 0 aliphatic carbocycles. The van der Waals surface area contributed by atoms with Crippen LogP contribution in [0.15, 0.2) is 60.8 Å². The summed E-state index contributed by atoms with van der Waals surface area (Å²) in [6.07, 6.45) is 2.35. The fourth-order valence-electron chi connectivity index (χ4n) is 1.62. The summed E-state index contributed by atoms with van der Waals surface area (Å²) in [6.45, 7) is 0. The minimum Gasteiger partial charge on any atom is -0.346 e.